The zero-order valence-corrected chi connectivity index (χ0v) is 16.0. The number of aromatic amines is 1. The molecule has 5 rings (SSSR count). The second kappa shape index (κ2) is 7.60. The summed E-state index contributed by atoms with van der Waals surface area (Å²) in [6, 6.07) is 10.2. The van der Waals surface area contributed by atoms with Crippen molar-refractivity contribution in [2.24, 2.45) is 0 Å². The van der Waals surface area contributed by atoms with E-state index in [0.717, 1.165) is 30.5 Å². The quantitative estimate of drug-likeness (QED) is 0.396. The molecule has 8 nitrogen and oxygen atoms in total. The molecule has 4 aromatic rings. The number of anilines is 3. The molecule has 0 bridgehead atoms. The Kier molecular flexibility index (Phi) is 4.64. The number of pyridine rings is 1. The van der Waals surface area contributed by atoms with Gasteiger partial charge in [0.25, 0.3) is 0 Å². The van der Waals surface area contributed by atoms with Crippen LogP contribution in [-0.2, 0) is 0 Å². The third-order valence-electron chi connectivity index (χ3n) is 5.02. The topological polar surface area (TPSA) is 114 Å². The van der Waals surface area contributed by atoms with Crippen LogP contribution >= 0.6 is 0 Å². The van der Waals surface area contributed by atoms with Crippen molar-refractivity contribution in [3.8, 4) is 11.5 Å². The van der Waals surface area contributed by atoms with Crippen molar-refractivity contribution < 1.29 is 9.13 Å². The Morgan fingerprint density at radius 1 is 1.13 bits per heavy atom. The Balaban J connectivity index is 1.37. The summed E-state index contributed by atoms with van der Waals surface area (Å²) in [5.41, 5.74) is 7.91. The van der Waals surface area contributed by atoms with Crippen LogP contribution in [0.5, 0.6) is 11.5 Å². The Morgan fingerprint density at radius 2 is 2.07 bits per heavy atom. The van der Waals surface area contributed by atoms with Crippen molar-refractivity contribution in [1.82, 2.24) is 25.3 Å². The van der Waals surface area contributed by atoms with Crippen LogP contribution in [0.25, 0.3) is 11.0 Å². The van der Waals surface area contributed by atoms with E-state index in [1.165, 1.54) is 6.07 Å². The predicted molar refractivity (Wildman–Crippen MR) is 112 cm³/mol. The Morgan fingerprint density at radius 3 is 2.90 bits per heavy atom. The van der Waals surface area contributed by atoms with Crippen LogP contribution in [0.4, 0.5) is 21.8 Å². The molecular formula is C21H20FN7O. The fourth-order valence-electron chi connectivity index (χ4n) is 3.62. The lowest BCUT2D eigenvalue weighted by molar-refractivity contribution is 0.446. The molecule has 4 heterocycles. The molecule has 1 fully saturated rings. The number of H-pyrrole nitrogens is 1. The molecule has 1 aromatic carbocycles. The summed E-state index contributed by atoms with van der Waals surface area (Å²) in [6.45, 7) is 0.955. The average molecular weight is 405 g/mol. The molecular weight excluding hydrogens is 385 g/mol. The van der Waals surface area contributed by atoms with Gasteiger partial charge in [-0.15, -0.1) is 0 Å². The monoisotopic (exact) mass is 405 g/mol. The lowest BCUT2D eigenvalue weighted by Gasteiger charge is -2.13. The van der Waals surface area contributed by atoms with Crippen molar-refractivity contribution in [2.75, 3.05) is 17.6 Å². The summed E-state index contributed by atoms with van der Waals surface area (Å²) in [7, 11) is 0. The number of nitrogens with one attached hydrogen (secondary N) is 3. The number of nitrogen functional groups attached to an aromatic ring is 1. The van der Waals surface area contributed by atoms with Gasteiger partial charge in [0.15, 0.2) is 11.6 Å². The standard InChI is InChI=1S/C21H20FN7O/c22-14-10-12(27-19-11-16(28-21(23)29-19)15-2-1-7-24-15)3-4-18(14)30-17-6-9-26-20-13(17)5-8-25-20/h3-6,8-11,15,24H,1-2,7H2,(H,25,26)(H3,23,27,28,29). The van der Waals surface area contributed by atoms with Gasteiger partial charge in [0.05, 0.1) is 11.1 Å². The van der Waals surface area contributed by atoms with Crippen molar-refractivity contribution in [1.29, 1.82) is 0 Å². The SMILES string of the molecule is Nc1nc(Nc2ccc(Oc3ccnc4[nH]ccc34)c(F)c2)cc(C2CCCN2)n1. The molecule has 30 heavy (non-hydrogen) atoms. The van der Waals surface area contributed by atoms with Crippen LogP contribution in [0.2, 0.25) is 0 Å². The number of aromatic nitrogens is 4. The average Bonchev–Trinajstić information content (AvgIpc) is 3.42. The molecule has 0 amide bonds. The first-order chi connectivity index (χ1) is 14.7. The normalized spacial score (nSPS) is 16.1. The van der Waals surface area contributed by atoms with Crippen LogP contribution in [0.15, 0.2) is 48.8 Å². The van der Waals surface area contributed by atoms with Gasteiger partial charge in [-0.3, -0.25) is 0 Å². The number of rotatable bonds is 5. The summed E-state index contributed by atoms with van der Waals surface area (Å²) < 4.78 is 20.5. The van der Waals surface area contributed by atoms with Gasteiger partial charge in [-0.25, -0.2) is 14.4 Å². The number of ether oxygens (including phenoxy) is 1. The lowest BCUT2D eigenvalue weighted by atomic mass is 10.1. The van der Waals surface area contributed by atoms with Crippen molar-refractivity contribution >= 4 is 28.5 Å². The maximum Gasteiger partial charge on any atom is 0.222 e. The minimum absolute atomic E-state index is 0.118. The summed E-state index contributed by atoms with van der Waals surface area (Å²) in [6.07, 6.45) is 5.46. The largest absolute Gasteiger partial charge is 0.453 e. The first-order valence-corrected chi connectivity index (χ1v) is 9.70. The van der Waals surface area contributed by atoms with E-state index in [-0.39, 0.29) is 17.7 Å². The first kappa shape index (κ1) is 18.3. The van der Waals surface area contributed by atoms with Gasteiger partial charge in [0, 0.05) is 36.3 Å². The van der Waals surface area contributed by atoms with E-state index in [1.54, 1.807) is 30.6 Å². The van der Waals surface area contributed by atoms with Gasteiger partial charge in [0.2, 0.25) is 5.95 Å². The van der Waals surface area contributed by atoms with Crippen molar-refractivity contribution in [2.45, 2.75) is 18.9 Å². The third kappa shape index (κ3) is 3.62. The minimum atomic E-state index is -0.500. The molecule has 1 aliphatic heterocycles. The molecule has 3 aromatic heterocycles. The Bertz CT molecular complexity index is 1200. The molecule has 0 spiro atoms. The molecule has 1 saturated heterocycles. The van der Waals surface area contributed by atoms with Gasteiger partial charge in [-0.2, -0.15) is 4.98 Å². The third-order valence-corrected chi connectivity index (χ3v) is 5.02. The van der Waals surface area contributed by atoms with E-state index < -0.39 is 5.82 Å². The second-order valence-corrected chi connectivity index (χ2v) is 7.11. The van der Waals surface area contributed by atoms with Crippen LogP contribution in [0.3, 0.4) is 0 Å². The highest BCUT2D eigenvalue weighted by molar-refractivity contribution is 5.82. The van der Waals surface area contributed by atoms with Crippen LogP contribution in [0.1, 0.15) is 24.6 Å². The smallest absolute Gasteiger partial charge is 0.222 e. The van der Waals surface area contributed by atoms with E-state index in [9.17, 15) is 4.39 Å². The number of benzene rings is 1. The highest BCUT2D eigenvalue weighted by Gasteiger charge is 2.19. The second-order valence-electron chi connectivity index (χ2n) is 7.11. The summed E-state index contributed by atoms with van der Waals surface area (Å²) >= 11 is 0. The number of nitrogens with two attached hydrogens (primary N) is 1. The fraction of sp³-hybridized carbons (Fsp3) is 0.190. The molecule has 152 valence electrons. The highest BCUT2D eigenvalue weighted by atomic mass is 19.1. The fourth-order valence-corrected chi connectivity index (χ4v) is 3.62. The number of halogens is 1. The number of hydrogen-bond donors (Lipinski definition) is 4. The zero-order valence-electron chi connectivity index (χ0n) is 16.0. The van der Waals surface area contributed by atoms with Gasteiger partial charge in [-0.1, -0.05) is 0 Å². The van der Waals surface area contributed by atoms with E-state index in [4.69, 9.17) is 10.5 Å². The summed E-state index contributed by atoms with van der Waals surface area (Å²) in [5, 5.41) is 7.26. The Hall–Kier alpha value is -3.72. The van der Waals surface area contributed by atoms with Gasteiger partial charge in [0.1, 0.15) is 17.2 Å². The number of nitrogens with zero attached hydrogens (tertiary/aromatic N) is 3. The number of fused-ring (bicyclic) bond motifs is 1. The molecule has 0 radical (unpaired) electrons. The molecule has 9 heteroatoms. The molecule has 1 atom stereocenters. The lowest BCUT2D eigenvalue weighted by Crippen LogP contribution is -2.16. The van der Waals surface area contributed by atoms with Gasteiger partial charge in [-0.05, 0) is 43.7 Å². The summed E-state index contributed by atoms with van der Waals surface area (Å²) in [4.78, 5) is 15.7. The van der Waals surface area contributed by atoms with E-state index in [0.29, 0.717) is 22.9 Å². The minimum Gasteiger partial charge on any atom is -0.453 e. The summed E-state index contributed by atoms with van der Waals surface area (Å²) in [5.74, 6) is 0.838. The first-order valence-electron chi connectivity index (χ1n) is 9.70. The van der Waals surface area contributed by atoms with Crippen LogP contribution < -0.4 is 21.1 Å². The van der Waals surface area contributed by atoms with Crippen LogP contribution in [-0.4, -0.2) is 26.5 Å². The molecule has 1 aliphatic rings. The highest BCUT2D eigenvalue weighted by Crippen LogP contribution is 2.32. The van der Waals surface area contributed by atoms with Crippen molar-refractivity contribution in [3.05, 3.63) is 60.3 Å². The predicted octanol–water partition coefficient (Wildman–Crippen LogP) is 4.03. The molecule has 0 saturated carbocycles. The van der Waals surface area contributed by atoms with Gasteiger partial charge >= 0.3 is 0 Å². The maximum absolute atomic E-state index is 14.7. The van der Waals surface area contributed by atoms with E-state index >= 15 is 0 Å². The van der Waals surface area contributed by atoms with E-state index in [2.05, 4.69) is 30.6 Å². The van der Waals surface area contributed by atoms with E-state index in [1.807, 2.05) is 12.1 Å². The van der Waals surface area contributed by atoms with Crippen molar-refractivity contribution in [3.63, 3.8) is 0 Å². The maximum atomic E-state index is 14.7. The molecule has 0 aliphatic carbocycles. The number of hydrogen-bond acceptors (Lipinski definition) is 7. The van der Waals surface area contributed by atoms with Crippen LogP contribution in [0, 0.1) is 5.82 Å². The van der Waals surface area contributed by atoms with Gasteiger partial charge < -0.3 is 26.1 Å². The Labute approximate surface area is 171 Å². The molecule has 1 unspecified atom stereocenters. The zero-order chi connectivity index (χ0) is 20.5. The molecule has 5 N–H and O–H groups in total.